The van der Waals surface area contributed by atoms with Crippen molar-refractivity contribution in [3.05, 3.63) is 30.7 Å². The van der Waals surface area contributed by atoms with Gasteiger partial charge in [0.15, 0.2) is 5.82 Å². The van der Waals surface area contributed by atoms with Crippen LogP contribution in [0.3, 0.4) is 0 Å². The van der Waals surface area contributed by atoms with Crippen LogP contribution >= 0.6 is 0 Å². The Kier molecular flexibility index (Phi) is 4.82. The largest absolute Gasteiger partial charge is 0.393 e. The maximum atomic E-state index is 13.3. The highest BCUT2D eigenvalue weighted by molar-refractivity contribution is 6.04. The minimum absolute atomic E-state index is 0.0543. The fraction of sp³-hybridized carbons (Fsp3) is 0.500. The fourth-order valence-electron chi connectivity index (χ4n) is 4.62. The minimum atomic E-state index is -4.22. The number of hydrogen-bond acceptors (Lipinski definition) is 6. The number of aromatic nitrogens is 3. The maximum absolute atomic E-state index is 13.3. The number of alkyl halides is 3. The van der Waals surface area contributed by atoms with Gasteiger partial charge in [0.1, 0.15) is 18.0 Å². The molecule has 2 aromatic heterocycles. The highest BCUT2D eigenvalue weighted by atomic mass is 19.4. The molecular formula is C20H22F3N7O. The second kappa shape index (κ2) is 7.54. The summed E-state index contributed by atoms with van der Waals surface area (Å²) in [6.07, 6.45) is 0.0441. The molecule has 0 spiro atoms. The van der Waals surface area contributed by atoms with E-state index in [1.807, 2.05) is 6.07 Å². The summed E-state index contributed by atoms with van der Waals surface area (Å²) in [5.41, 5.74) is 0.819. The van der Waals surface area contributed by atoms with Crippen LogP contribution in [0, 0.1) is 5.92 Å². The van der Waals surface area contributed by atoms with Crippen LogP contribution in [0.1, 0.15) is 19.3 Å². The number of hydrogen-bond donors (Lipinski definition) is 1. The average molecular weight is 433 g/mol. The molecule has 5 heterocycles. The SMILES string of the molecule is O=C(Nc1ccncn1)N1c2nc(N3CCCC(C(F)(F)F)C3)ccc2N2CC[C@H]1C2. The van der Waals surface area contributed by atoms with E-state index in [1.165, 1.54) is 12.5 Å². The van der Waals surface area contributed by atoms with Crippen LogP contribution in [0.5, 0.6) is 0 Å². The predicted octanol–water partition coefficient (Wildman–Crippen LogP) is 3.28. The van der Waals surface area contributed by atoms with Crippen molar-refractivity contribution in [2.24, 2.45) is 5.92 Å². The topological polar surface area (TPSA) is 77.5 Å². The third-order valence-electron chi connectivity index (χ3n) is 6.18. The molecule has 2 fully saturated rings. The van der Waals surface area contributed by atoms with E-state index in [-0.39, 0.29) is 25.0 Å². The van der Waals surface area contributed by atoms with Gasteiger partial charge in [-0.2, -0.15) is 13.2 Å². The zero-order valence-corrected chi connectivity index (χ0v) is 16.7. The molecule has 11 heteroatoms. The number of piperidine rings is 1. The molecule has 164 valence electrons. The number of fused-ring (bicyclic) bond motifs is 4. The van der Waals surface area contributed by atoms with Gasteiger partial charge in [-0.3, -0.25) is 10.2 Å². The second-order valence-electron chi connectivity index (χ2n) is 8.12. The van der Waals surface area contributed by atoms with Crippen LogP contribution in [0.15, 0.2) is 30.7 Å². The zero-order valence-electron chi connectivity index (χ0n) is 16.7. The molecule has 0 radical (unpaired) electrons. The van der Waals surface area contributed by atoms with Crippen LogP contribution in [-0.4, -0.2) is 59.4 Å². The number of anilines is 4. The molecule has 31 heavy (non-hydrogen) atoms. The predicted molar refractivity (Wildman–Crippen MR) is 109 cm³/mol. The third-order valence-corrected chi connectivity index (χ3v) is 6.18. The monoisotopic (exact) mass is 433 g/mol. The molecule has 5 rings (SSSR count). The van der Waals surface area contributed by atoms with E-state index < -0.39 is 12.1 Å². The van der Waals surface area contributed by atoms with Crippen molar-refractivity contribution < 1.29 is 18.0 Å². The van der Waals surface area contributed by atoms with Crippen LogP contribution in [0.4, 0.5) is 41.1 Å². The molecule has 1 unspecified atom stereocenters. The first kappa shape index (κ1) is 19.8. The highest BCUT2D eigenvalue weighted by Gasteiger charge is 2.43. The van der Waals surface area contributed by atoms with Crippen LogP contribution in [0.2, 0.25) is 0 Å². The van der Waals surface area contributed by atoms with Crippen molar-refractivity contribution in [1.82, 2.24) is 15.0 Å². The number of nitrogens with one attached hydrogen (secondary N) is 1. The fourth-order valence-corrected chi connectivity index (χ4v) is 4.62. The summed E-state index contributed by atoms with van der Waals surface area (Å²) in [6.45, 7) is 1.90. The summed E-state index contributed by atoms with van der Waals surface area (Å²) in [6, 6.07) is 4.81. The van der Waals surface area contributed by atoms with Gasteiger partial charge in [-0.25, -0.2) is 19.7 Å². The average Bonchev–Trinajstić information content (AvgIpc) is 3.18. The first-order chi connectivity index (χ1) is 14.9. The second-order valence-corrected chi connectivity index (χ2v) is 8.12. The van der Waals surface area contributed by atoms with Gasteiger partial charge in [-0.15, -0.1) is 0 Å². The maximum Gasteiger partial charge on any atom is 0.393 e. The third kappa shape index (κ3) is 3.72. The molecule has 2 amide bonds. The van der Waals surface area contributed by atoms with E-state index >= 15 is 0 Å². The summed E-state index contributed by atoms with van der Waals surface area (Å²) >= 11 is 0. The molecule has 3 aliphatic heterocycles. The Balaban J connectivity index is 1.45. The number of halogens is 3. The zero-order chi connectivity index (χ0) is 21.6. The molecule has 0 saturated carbocycles. The van der Waals surface area contributed by atoms with Gasteiger partial charge in [-0.05, 0) is 37.5 Å². The molecule has 2 atom stereocenters. The van der Waals surface area contributed by atoms with Gasteiger partial charge >= 0.3 is 12.2 Å². The van der Waals surface area contributed by atoms with Crippen molar-refractivity contribution >= 4 is 29.2 Å². The first-order valence-corrected chi connectivity index (χ1v) is 10.3. The Labute approximate surface area is 177 Å². The van der Waals surface area contributed by atoms with E-state index in [2.05, 4.69) is 25.2 Å². The van der Waals surface area contributed by atoms with Gasteiger partial charge in [-0.1, -0.05) is 0 Å². The number of pyridine rings is 1. The Bertz CT molecular complexity index is 971. The van der Waals surface area contributed by atoms with E-state index in [1.54, 1.807) is 21.9 Å². The smallest absolute Gasteiger partial charge is 0.366 e. The Morgan fingerprint density at radius 2 is 1.97 bits per heavy atom. The highest BCUT2D eigenvalue weighted by Crippen LogP contribution is 2.41. The number of carbonyl (C=O) groups is 1. The molecule has 2 aromatic rings. The van der Waals surface area contributed by atoms with Crippen LogP contribution in [-0.2, 0) is 0 Å². The van der Waals surface area contributed by atoms with Gasteiger partial charge in [0, 0.05) is 32.4 Å². The van der Waals surface area contributed by atoms with Crippen LogP contribution in [0.25, 0.3) is 0 Å². The lowest BCUT2D eigenvalue weighted by molar-refractivity contribution is -0.176. The Morgan fingerprint density at radius 3 is 2.74 bits per heavy atom. The van der Waals surface area contributed by atoms with Crippen molar-refractivity contribution in [2.75, 3.05) is 46.2 Å². The number of carbonyl (C=O) groups excluding carboxylic acids is 1. The summed E-state index contributed by atoms with van der Waals surface area (Å²) in [4.78, 5) is 31.2. The van der Waals surface area contributed by atoms with E-state index in [9.17, 15) is 18.0 Å². The first-order valence-electron chi connectivity index (χ1n) is 10.3. The van der Waals surface area contributed by atoms with Crippen molar-refractivity contribution in [1.29, 1.82) is 0 Å². The molecule has 1 N–H and O–H groups in total. The standard InChI is InChI=1S/C20H22F3N7O/c21-20(22,23)13-2-1-8-29(10-13)17-4-3-15-18(27-17)30(14-6-9-28(15)11-14)19(31)26-16-5-7-24-12-25-16/h3-5,7,12-14H,1-2,6,8-11H2,(H,24,25,26,31)/t13?,14-/m0/s1. The molecule has 8 nitrogen and oxygen atoms in total. The summed E-state index contributed by atoms with van der Waals surface area (Å²) in [5.74, 6) is -0.0414. The number of rotatable bonds is 2. The van der Waals surface area contributed by atoms with Gasteiger partial charge in [0.25, 0.3) is 0 Å². The lowest BCUT2D eigenvalue weighted by atomic mass is 9.97. The Morgan fingerprint density at radius 1 is 1.10 bits per heavy atom. The van der Waals surface area contributed by atoms with E-state index in [0.29, 0.717) is 37.0 Å². The van der Waals surface area contributed by atoms with Crippen molar-refractivity contribution in [3.8, 4) is 0 Å². The molecule has 0 aliphatic carbocycles. The summed E-state index contributed by atoms with van der Waals surface area (Å²) in [7, 11) is 0. The molecule has 0 aromatic carbocycles. The minimum Gasteiger partial charge on any atom is -0.366 e. The van der Waals surface area contributed by atoms with Crippen molar-refractivity contribution in [3.63, 3.8) is 0 Å². The Hall–Kier alpha value is -3.11. The van der Waals surface area contributed by atoms with Gasteiger partial charge in [0.2, 0.25) is 0 Å². The van der Waals surface area contributed by atoms with Crippen molar-refractivity contribution in [2.45, 2.75) is 31.5 Å². The molecular weight excluding hydrogens is 411 g/mol. The molecule has 2 bridgehead atoms. The van der Waals surface area contributed by atoms with Crippen LogP contribution < -0.4 is 20.0 Å². The summed E-state index contributed by atoms with van der Waals surface area (Å²) < 4.78 is 39.8. The molecule has 2 saturated heterocycles. The van der Waals surface area contributed by atoms with Gasteiger partial charge in [0.05, 0.1) is 17.6 Å². The van der Waals surface area contributed by atoms with E-state index in [0.717, 1.165) is 18.7 Å². The number of amides is 2. The van der Waals surface area contributed by atoms with Gasteiger partial charge < -0.3 is 9.80 Å². The number of urea groups is 1. The van der Waals surface area contributed by atoms with E-state index in [4.69, 9.17) is 0 Å². The quantitative estimate of drug-likeness (QED) is 0.783. The number of nitrogens with zero attached hydrogens (tertiary/aromatic N) is 6. The lowest BCUT2D eigenvalue weighted by Crippen LogP contribution is -2.48. The lowest BCUT2D eigenvalue weighted by Gasteiger charge is -2.38. The normalized spacial score (nSPS) is 23.0. The summed E-state index contributed by atoms with van der Waals surface area (Å²) in [5, 5.41) is 2.78. The molecule has 3 aliphatic rings.